The zero-order chi connectivity index (χ0) is 26.2. The topological polar surface area (TPSA) is 156 Å². The Hall–Kier alpha value is -3.76. The Morgan fingerprint density at radius 3 is 2.76 bits per heavy atom. The van der Waals surface area contributed by atoms with Gasteiger partial charge >= 0.3 is 5.97 Å². The van der Waals surface area contributed by atoms with Crippen molar-refractivity contribution in [2.24, 2.45) is 0 Å². The largest absolute Gasteiger partial charge is 0.480 e. The van der Waals surface area contributed by atoms with E-state index in [9.17, 15) is 24.6 Å². The number of aliphatic hydroxyl groups is 1. The fourth-order valence-corrected chi connectivity index (χ4v) is 4.60. The van der Waals surface area contributed by atoms with Gasteiger partial charge < -0.3 is 31.1 Å². The molecule has 10 nitrogen and oxygen atoms in total. The zero-order valence-electron chi connectivity index (χ0n) is 20.7. The number of rotatable bonds is 12. The van der Waals surface area contributed by atoms with E-state index in [1.807, 2.05) is 6.07 Å². The van der Waals surface area contributed by atoms with E-state index in [0.29, 0.717) is 29.3 Å². The summed E-state index contributed by atoms with van der Waals surface area (Å²) in [5, 5.41) is 28.6. The molecule has 37 heavy (non-hydrogen) atoms. The van der Waals surface area contributed by atoms with Crippen LogP contribution in [0, 0.1) is 0 Å². The minimum atomic E-state index is -1.20. The molecule has 1 atom stereocenters. The second-order valence-corrected chi connectivity index (χ2v) is 9.23. The highest BCUT2D eigenvalue weighted by atomic mass is 16.4. The number of aromatic amines is 1. The number of amides is 2. The van der Waals surface area contributed by atoms with Crippen LogP contribution in [0.1, 0.15) is 58.7 Å². The molecule has 3 heterocycles. The van der Waals surface area contributed by atoms with E-state index < -0.39 is 17.9 Å². The maximum Gasteiger partial charge on any atom is 0.326 e. The van der Waals surface area contributed by atoms with Gasteiger partial charge in [0.25, 0.3) is 5.91 Å². The van der Waals surface area contributed by atoms with Gasteiger partial charge in [0, 0.05) is 60.3 Å². The molecule has 0 bridgehead atoms. The maximum atomic E-state index is 12.8. The van der Waals surface area contributed by atoms with Crippen LogP contribution in [0.25, 0.3) is 10.9 Å². The first-order chi connectivity index (χ1) is 18.0. The first-order valence-corrected chi connectivity index (χ1v) is 12.7. The average Bonchev–Trinajstić information content (AvgIpc) is 3.29. The number of fused-ring (bicyclic) bond motifs is 2. The van der Waals surface area contributed by atoms with Crippen LogP contribution >= 0.6 is 0 Å². The molecule has 1 aliphatic rings. The molecule has 0 fully saturated rings. The highest BCUT2D eigenvalue weighted by Crippen LogP contribution is 2.22. The predicted octanol–water partition coefficient (Wildman–Crippen LogP) is 1.80. The van der Waals surface area contributed by atoms with Crippen LogP contribution in [0.2, 0.25) is 0 Å². The highest BCUT2D eigenvalue weighted by Gasteiger charge is 2.24. The van der Waals surface area contributed by atoms with Crippen molar-refractivity contribution in [3.63, 3.8) is 0 Å². The molecular formula is C27H33N5O5. The molecule has 3 aromatic rings. The summed E-state index contributed by atoms with van der Waals surface area (Å²) in [5.74, 6) is -1.97. The molecule has 0 radical (unpaired) electrons. The fourth-order valence-electron chi connectivity index (χ4n) is 4.60. The lowest BCUT2D eigenvalue weighted by atomic mass is 10.0. The summed E-state index contributed by atoms with van der Waals surface area (Å²) in [6.07, 6.45) is 3.67. The Balaban J connectivity index is 1.20. The Morgan fingerprint density at radius 2 is 1.95 bits per heavy atom. The Morgan fingerprint density at radius 1 is 1.11 bits per heavy atom. The van der Waals surface area contributed by atoms with Gasteiger partial charge in [-0.25, -0.2) is 4.79 Å². The Kier molecular flexibility index (Phi) is 8.86. The second-order valence-electron chi connectivity index (χ2n) is 9.23. The number of benzene rings is 1. The molecule has 0 saturated carbocycles. The number of carbonyl (C=O) groups is 3. The summed E-state index contributed by atoms with van der Waals surface area (Å²) < 4.78 is 0. The molecule has 196 valence electrons. The minimum Gasteiger partial charge on any atom is -0.480 e. The normalized spacial score (nSPS) is 13.6. The number of hydrogen-bond donors (Lipinski definition) is 6. The van der Waals surface area contributed by atoms with Crippen LogP contribution in [0.5, 0.6) is 0 Å². The summed E-state index contributed by atoms with van der Waals surface area (Å²) in [6, 6.07) is 10.1. The minimum absolute atomic E-state index is 0.0371. The van der Waals surface area contributed by atoms with E-state index in [1.165, 1.54) is 5.56 Å². The number of hydrogen-bond acceptors (Lipinski definition) is 6. The van der Waals surface area contributed by atoms with Gasteiger partial charge in [-0.05, 0) is 43.4 Å². The third-order valence-electron chi connectivity index (χ3n) is 6.62. The molecule has 1 aliphatic heterocycles. The molecule has 2 amide bonds. The number of aliphatic hydroxyl groups excluding tert-OH is 1. The van der Waals surface area contributed by atoms with Crippen LogP contribution in [0.4, 0.5) is 0 Å². The van der Waals surface area contributed by atoms with Gasteiger partial charge in [-0.1, -0.05) is 24.3 Å². The lowest BCUT2D eigenvalue weighted by Gasteiger charge is -2.16. The number of aryl methyl sites for hydroxylation is 1. The van der Waals surface area contributed by atoms with E-state index in [2.05, 4.69) is 27.0 Å². The smallest absolute Gasteiger partial charge is 0.326 e. The van der Waals surface area contributed by atoms with Crippen LogP contribution in [0.15, 0.2) is 36.4 Å². The van der Waals surface area contributed by atoms with Gasteiger partial charge in [-0.3, -0.25) is 14.6 Å². The number of H-pyrrole nitrogens is 1. The number of carboxylic acid groups (broad SMARTS) is 1. The van der Waals surface area contributed by atoms with Crippen LogP contribution in [0.3, 0.4) is 0 Å². The van der Waals surface area contributed by atoms with E-state index in [-0.39, 0.29) is 31.2 Å². The Labute approximate surface area is 214 Å². The SMILES string of the molecule is O=C(CCCCc1ccc2c(n1)CCNC2)NCC[C@H](NC(=O)c1[nH]c2ccccc2c1CO)C(=O)O. The maximum absolute atomic E-state index is 12.8. The number of aliphatic carboxylic acids is 1. The van der Waals surface area contributed by atoms with Crippen molar-refractivity contribution in [2.45, 2.75) is 57.7 Å². The highest BCUT2D eigenvalue weighted by molar-refractivity contribution is 6.02. The number of pyridine rings is 1. The number of nitrogens with one attached hydrogen (secondary N) is 4. The first-order valence-electron chi connectivity index (χ1n) is 12.7. The van der Waals surface area contributed by atoms with Crippen molar-refractivity contribution >= 4 is 28.7 Å². The van der Waals surface area contributed by atoms with Crippen molar-refractivity contribution in [3.05, 3.63) is 64.6 Å². The van der Waals surface area contributed by atoms with Crippen LogP contribution in [-0.4, -0.2) is 57.1 Å². The monoisotopic (exact) mass is 507 g/mol. The molecular weight excluding hydrogens is 474 g/mol. The summed E-state index contributed by atoms with van der Waals surface area (Å²) in [6.45, 7) is 1.57. The molecule has 4 rings (SSSR count). The predicted molar refractivity (Wildman–Crippen MR) is 138 cm³/mol. The lowest BCUT2D eigenvalue weighted by molar-refractivity contribution is -0.139. The van der Waals surface area contributed by atoms with Crippen molar-refractivity contribution in [1.29, 1.82) is 0 Å². The van der Waals surface area contributed by atoms with Crippen molar-refractivity contribution in [1.82, 2.24) is 25.9 Å². The number of para-hydroxylation sites is 1. The van der Waals surface area contributed by atoms with E-state index in [0.717, 1.165) is 43.7 Å². The van der Waals surface area contributed by atoms with Crippen LogP contribution in [-0.2, 0) is 35.6 Å². The van der Waals surface area contributed by atoms with Gasteiger partial charge in [0.1, 0.15) is 11.7 Å². The molecule has 2 aromatic heterocycles. The summed E-state index contributed by atoms with van der Waals surface area (Å²) in [4.78, 5) is 44.4. The number of carboxylic acids is 1. The lowest BCUT2D eigenvalue weighted by Crippen LogP contribution is -2.43. The number of aromatic nitrogens is 2. The number of carbonyl (C=O) groups excluding carboxylic acids is 2. The molecule has 1 aromatic carbocycles. The van der Waals surface area contributed by atoms with Gasteiger partial charge in [0.15, 0.2) is 0 Å². The van der Waals surface area contributed by atoms with E-state index in [4.69, 9.17) is 4.98 Å². The van der Waals surface area contributed by atoms with E-state index >= 15 is 0 Å². The summed E-state index contributed by atoms with van der Waals surface area (Å²) >= 11 is 0. The zero-order valence-corrected chi connectivity index (χ0v) is 20.7. The second kappa shape index (κ2) is 12.5. The van der Waals surface area contributed by atoms with Crippen molar-refractivity contribution in [2.75, 3.05) is 13.1 Å². The molecule has 6 N–H and O–H groups in total. The third-order valence-corrected chi connectivity index (χ3v) is 6.62. The Bertz CT molecular complexity index is 1270. The molecule has 0 saturated heterocycles. The van der Waals surface area contributed by atoms with Crippen molar-refractivity contribution in [3.8, 4) is 0 Å². The average molecular weight is 508 g/mol. The summed E-state index contributed by atoms with van der Waals surface area (Å²) in [5.41, 5.74) is 4.67. The fraction of sp³-hybridized carbons (Fsp3) is 0.407. The summed E-state index contributed by atoms with van der Waals surface area (Å²) in [7, 11) is 0. The molecule has 0 aliphatic carbocycles. The van der Waals surface area contributed by atoms with Crippen LogP contribution < -0.4 is 16.0 Å². The number of nitrogens with zero attached hydrogens (tertiary/aromatic N) is 1. The van der Waals surface area contributed by atoms with Gasteiger partial charge in [0.2, 0.25) is 5.91 Å². The van der Waals surface area contributed by atoms with Gasteiger partial charge in [-0.2, -0.15) is 0 Å². The first kappa shape index (κ1) is 26.3. The molecule has 0 unspecified atom stereocenters. The molecule has 10 heteroatoms. The van der Waals surface area contributed by atoms with E-state index in [1.54, 1.807) is 24.3 Å². The van der Waals surface area contributed by atoms with Gasteiger partial charge in [-0.15, -0.1) is 0 Å². The van der Waals surface area contributed by atoms with Gasteiger partial charge in [0.05, 0.1) is 6.61 Å². The third kappa shape index (κ3) is 6.72. The quantitative estimate of drug-likeness (QED) is 0.204. The molecule has 0 spiro atoms. The number of unbranched alkanes of at least 4 members (excludes halogenated alkanes) is 1. The standard InChI is InChI=1S/C27H33N5O5/c33-16-20-19-6-2-3-7-22(19)31-25(20)26(35)32-23(27(36)37)12-14-29-24(34)8-4-1-5-18-10-9-17-15-28-13-11-21(17)30-18/h2-3,6-7,9-10,23,28,31,33H,1,4-5,8,11-16H2,(H,29,34)(H,32,35)(H,36,37)/t23-/m0/s1. The van der Waals surface area contributed by atoms with Crippen molar-refractivity contribution < 1.29 is 24.6 Å².